The van der Waals surface area contributed by atoms with Crippen molar-refractivity contribution in [3.8, 4) is 5.75 Å². The molecule has 0 unspecified atom stereocenters. The smallest absolute Gasteiger partial charge is 0.325 e. The highest BCUT2D eigenvalue weighted by atomic mass is 16.5. The molecule has 1 saturated carbocycles. The number of carbonyl (C=O) groups is 3. The Labute approximate surface area is 153 Å². The molecule has 26 heavy (non-hydrogen) atoms. The van der Waals surface area contributed by atoms with Crippen molar-refractivity contribution in [3.63, 3.8) is 0 Å². The number of rotatable bonds is 6. The van der Waals surface area contributed by atoms with Gasteiger partial charge in [-0.3, -0.25) is 14.5 Å². The monoisotopic (exact) mass is 359 g/mol. The first-order valence-electron chi connectivity index (χ1n) is 9.08. The lowest BCUT2D eigenvalue weighted by molar-refractivity contribution is -0.132. The van der Waals surface area contributed by atoms with Crippen molar-refractivity contribution in [1.82, 2.24) is 15.5 Å². The molecule has 1 heterocycles. The minimum atomic E-state index is -0.733. The van der Waals surface area contributed by atoms with Gasteiger partial charge in [0.1, 0.15) is 11.3 Å². The summed E-state index contributed by atoms with van der Waals surface area (Å²) in [5.74, 6) is 0.321. The van der Waals surface area contributed by atoms with Crippen LogP contribution in [-0.2, 0) is 16.1 Å². The maximum atomic E-state index is 12.7. The van der Waals surface area contributed by atoms with Crippen LogP contribution in [0.15, 0.2) is 24.3 Å². The zero-order valence-electron chi connectivity index (χ0n) is 15.0. The molecule has 0 radical (unpaired) electrons. The lowest BCUT2D eigenvalue weighted by Gasteiger charge is -2.30. The number of methoxy groups -OCH3 is 1. The number of para-hydroxylation sites is 1. The summed E-state index contributed by atoms with van der Waals surface area (Å²) in [6.07, 6.45) is 4.45. The first-order chi connectivity index (χ1) is 12.6. The summed E-state index contributed by atoms with van der Waals surface area (Å²) in [6, 6.07) is 7.07. The third kappa shape index (κ3) is 3.66. The topological polar surface area (TPSA) is 87.7 Å². The Morgan fingerprint density at radius 2 is 1.96 bits per heavy atom. The van der Waals surface area contributed by atoms with E-state index in [2.05, 4.69) is 10.6 Å². The molecule has 1 saturated heterocycles. The van der Waals surface area contributed by atoms with Crippen molar-refractivity contribution in [1.29, 1.82) is 0 Å². The summed E-state index contributed by atoms with van der Waals surface area (Å²) in [6.45, 7) is 0.442. The second kappa shape index (κ2) is 7.76. The number of benzene rings is 1. The SMILES string of the molecule is COc1ccccc1CNC(=O)CCN1C(=O)NC2(CCCCC2)C1=O. The van der Waals surface area contributed by atoms with E-state index < -0.39 is 5.54 Å². The van der Waals surface area contributed by atoms with E-state index in [0.717, 1.165) is 24.8 Å². The van der Waals surface area contributed by atoms with Crippen LogP contribution >= 0.6 is 0 Å². The van der Waals surface area contributed by atoms with Gasteiger partial charge in [-0.25, -0.2) is 4.79 Å². The zero-order valence-corrected chi connectivity index (χ0v) is 15.0. The molecular weight excluding hydrogens is 334 g/mol. The van der Waals surface area contributed by atoms with Crippen LogP contribution in [0.1, 0.15) is 44.1 Å². The van der Waals surface area contributed by atoms with E-state index >= 15 is 0 Å². The van der Waals surface area contributed by atoms with Crippen molar-refractivity contribution in [2.45, 2.75) is 50.6 Å². The van der Waals surface area contributed by atoms with Gasteiger partial charge >= 0.3 is 6.03 Å². The molecule has 0 atom stereocenters. The number of imide groups is 1. The zero-order chi connectivity index (χ0) is 18.6. The lowest BCUT2D eigenvalue weighted by atomic mass is 9.82. The molecule has 2 fully saturated rings. The maximum Gasteiger partial charge on any atom is 0.325 e. The van der Waals surface area contributed by atoms with E-state index in [1.54, 1.807) is 7.11 Å². The van der Waals surface area contributed by atoms with Crippen LogP contribution in [0, 0.1) is 0 Å². The summed E-state index contributed by atoms with van der Waals surface area (Å²) in [5.41, 5.74) is 0.142. The fourth-order valence-corrected chi connectivity index (χ4v) is 3.72. The summed E-state index contributed by atoms with van der Waals surface area (Å²) in [5, 5.41) is 5.66. The molecule has 0 aromatic heterocycles. The largest absolute Gasteiger partial charge is 0.496 e. The maximum absolute atomic E-state index is 12.7. The number of ether oxygens (including phenoxy) is 1. The molecule has 0 bridgehead atoms. The van der Waals surface area contributed by atoms with Gasteiger partial charge in [-0.2, -0.15) is 0 Å². The second-order valence-corrected chi connectivity index (χ2v) is 6.87. The lowest BCUT2D eigenvalue weighted by Crippen LogP contribution is -2.48. The number of carbonyl (C=O) groups excluding carboxylic acids is 3. The van der Waals surface area contributed by atoms with E-state index in [-0.39, 0.29) is 30.8 Å². The van der Waals surface area contributed by atoms with Gasteiger partial charge in [-0.05, 0) is 18.9 Å². The molecule has 1 aliphatic heterocycles. The van der Waals surface area contributed by atoms with Crippen molar-refractivity contribution in [2.75, 3.05) is 13.7 Å². The van der Waals surface area contributed by atoms with Gasteiger partial charge in [0.25, 0.3) is 5.91 Å². The molecule has 1 spiro atoms. The van der Waals surface area contributed by atoms with E-state index in [0.29, 0.717) is 25.1 Å². The molecule has 1 aliphatic carbocycles. The number of urea groups is 1. The van der Waals surface area contributed by atoms with Crippen LogP contribution in [0.5, 0.6) is 5.75 Å². The molecule has 2 aliphatic rings. The normalized spacial score (nSPS) is 18.7. The Morgan fingerprint density at radius 1 is 1.23 bits per heavy atom. The molecule has 1 aromatic carbocycles. The van der Waals surface area contributed by atoms with Gasteiger partial charge in [0, 0.05) is 25.1 Å². The molecule has 7 heteroatoms. The van der Waals surface area contributed by atoms with Gasteiger partial charge < -0.3 is 15.4 Å². The highest BCUT2D eigenvalue weighted by Crippen LogP contribution is 2.33. The van der Waals surface area contributed by atoms with Crippen molar-refractivity contribution in [3.05, 3.63) is 29.8 Å². The van der Waals surface area contributed by atoms with Crippen molar-refractivity contribution >= 4 is 17.8 Å². The molecule has 140 valence electrons. The Morgan fingerprint density at radius 3 is 2.69 bits per heavy atom. The van der Waals surface area contributed by atoms with E-state index in [1.165, 1.54) is 4.90 Å². The average Bonchev–Trinajstić information content (AvgIpc) is 2.88. The van der Waals surface area contributed by atoms with Crippen LogP contribution in [0.2, 0.25) is 0 Å². The fraction of sp³-hybridized carbons (Fsp3) is 0.526. The van der Waals surface area contributed by atoms with Gasteiger partial charge in [-0.15, -0.1) is 0 Å². The number of hydrogen-bond donors (Lipinski definition) is 2. The highest BCUT2D eigenvalue weighted by Gasteiger charge is 2.50. The molecule has 4 amide bonds. The van der Waals surface area contributed by atoms with Crippen LogP contribution in [-0.4, -0.2) is 41.9 Å². The Kier molecular flexibility index (Phi) is 5.44. The van der Waals surface area contributed by atoms with Crippen LogP contribution in [0.4, 0.5) is 4.79 Å². The van der Waals surface area contributed by atoms with Crippen molar-refractivity contribution < 1.29 is 19.1 Å². The van der Waals surface area contributed by atoms with E-state index in [9.17, 15) is 14.4 Å². The molecular formula is C19H25N3O4. The number of nitrogens with one attached hydrogen (secondary N) is 2. The van der Waals surface area contributed by atoms with Gasteiger partial charge in [0.2, 0.25) is 5.91 Å². The Bertz CT molecular complexity index is 698. The second-order valence-electron chi connectivity index (χ2n) is 6.87. The minimum absolute atomic E-state index is 0.0877. The molecule has 3 rings (SSSR count). The standard InChI is InChI=1S/C19H25N3O4/c1-26-15-8-4-3-7-14(15)13-20-16(23)9-12-22-17(24)19(21-18(22)25)10-5-2-6-11-19/h3-4,7-8H,2,5-6,9-13H2,1H3,(H,20,23)(H,21,25). The predicted octanol–water partition coefficient (Wildman–Crippen LogP) is 1.96. The molecule has 2 N–H and O–H groups in total. The average molecular weight is 359 g/mol. The van der Waals surface area contributed by atoms with Crippen molar-refractivity contribution in [2.24, 2.45) is 0 Å². The summed E-state index contributed by atoms with van der Waals surface area (Å²) >= 11 is 0. The number of nitrogens with zero attached hydrogens (tertiary/aromatic N) is 1. The first kappa shape index (κ1) is 18.2. The van der Waals surface area contributed by atoms with Gasteiger partial charge in [0.05, 0.1) is 7.11 Å². The molecule has 1 aromatic rings. The quantitative estimate of drug-likeness (QED) is 0.760. The minimum Gasteiger partial charge on any atom is -0.496 e. The fourth-order valence-electron chi connectivity index (χ4n) is 3.72. The Hall–Kier alpha value is -2.57. The molecule has 7 nitrogen and oxygen atoms in total. The van der Waals surface area contributed by atoms with E-state index in [4.69, 9.17) is 4.74 Å². The Balaban J connectivity index is 1.51. The van der Waals surface area contributed by atoms with Crippen LogP contribution in [0.3, 0.4) is 0 Å². The third-order valence-electron chi connectivity index (χ3n) is 5.18. The van der Waals surface area contributed by atoms with Crippen LogP contribution < -0.4 is 15.4 Å². The number of hydrogen-bond acceptors (Lipinski definition) is 4. The third-order valence-corrected chi connectivity index (χ3v) is 5.18. The predicted molar refractivity (Wildman–Crippen MR) is 95.5 cm³/mol. The first-order valence-corrected chi connectivity index (χ1v) is 9.08. The van der Waals surface area contributed by atoms with E-state index in [1.807, 2.05) is 24.3 Å². The number of amides is 4. The van der Waals surface area contributed by atoms with Gasteiger partial charge in [-0.1, -0.05) is 37.5 Å². The summed E-state index contributed by atoms with van der Waals surface area (Å²) in [7, 11) is 1.58. The van der Waals surface area contributed by atoms with Gasteiger partial charge in [0.15, 0.2) is 0 Å². The van der Waals surface area contributed by atoms with Crippen LogP contribution in [0.25, 0.3) is 0 Å². The summed E-state index contributed by atoms with van der Waals surface area (Å²) < 4.78 is 5.25. The highest BCUT2D eigenvalue weighted by molar-refractivity contribution is 6.07. The summed E-state index contributed by atoms with van der Waals surface area (Å²) in [4.78, 5) is 38.2.